The van der Waals surface area contributed by atoms with Crippen molar-refractivity contribution in [1.29, 1.82) is 0 Å². The fraction of sp³-hybridized carbons (Fsp3) is 0.542. The number of hydrogen-bond acceptors (Lipinski definition) is 7. The number of hydrogen-bond donors (Lipinski definition) is 1. The van der Waals surface area contributed by atoms with Gasteiger partial charge in [-0.2, -0.15) is 4.68 Å². The Balaban J connectivity index is 1.37. The number of oxime groups is 1. The number of ether oxygens (including phenoxy) is 1. The first kappa shape index (κ1) is 24.8. The summed E-state index contributed by atoms with van der Waals surface area (Å²) in [5.41, 5.74) is 6.39. The van der Waals surface area contributed by atoms with E-state index in [1.807, 2.05) is 0 Å². The van der Waals surface area contributed by atoms with Crippen molar-refractivity contribution in [2.24, 2.45) is 28.1 Å². The molecule has 2 atom stereocenters. The lowest BCUT2D eigenvalue weighted by Crippen LogP contribution is -2.57. The van der Waals surface area contributed by atoms with E-state index in [1.165, 1.54) is 7.11 Å². The van der Waals surface area contributed by atoms with Crippen LogP contribution in [0.4, 0.5) is 5.82 Å². The van der Waals surface area contributed by atoms with Crippen molar-refractivity contribution in [2.45, 2.75) is 57.4 Å². The second-order valence-corrected chi connectivity index (χ2v) is 11.4. The maximum Gasteiger partial charge on any atom is 0.408 e. The number of nitrogens with zero attached hydrogens (tertiary/aromatic N) is 4. The van der Waals surface area contributed by atoms with Gasteiger partial charge in [-0.05, 0) is 85.8 Å². The lowest BCUT2D eigenvalue weighted by molar-refractivity contribution is -0.389. The van der Waals surface area contributed by atoms with Crippen molar-refractivity contribution in [3.63, 3.8) is 0 Å². The molecule has 6 rings (SSSR count). The van der Waals surface area contributed by atoms with Crippen molar-refractivity contribution in [2.75, 3.05) is 7.11 Å². The minimum Gasteiger partial charge on any atom is -0.496 e. The van der Waals surface area contributed by atoms with Crippen molar-refractivity contribution < 1.29 is 19.3 Å². The van der Waals surface area contributed by atoms with Crippen molar-refractivity contribution in [3.8, 4) is 5.75 Å². The molecule has 0 amide bonds. The smallest absolute Gasteiger partial charge is 0.408 e. The molecule has 0 spiro atoms. The minimum absolute atomic E-state index is 0.0150. The number of methoxy groups -OCH3 is 1. The highest BCUT2D eigenvalue weighted by Crippen LogP contribution is 2.65. The van der Waals surface area contributed by atoms with Gasteiger partial charge in [0.1, 0.15) is 5.75 Å². The fourth-order valence-corrected chi connectivity index (χ4v) is 7.63. The Labute approximate surface area is 217 Å². The first-order valence-electron chi connectivity index (χ1n) is 11.8. The second-order valence-electron chi connectivity index (χ2n) is 10.5. The molecule has 4 bridgehead atoms. The first-order chi connectivity index (χ1) is 17.0. The van der Waals surface area contributed by atoms with Crippen LogP contribution in [0.3, 0.4) is 0 Å². The Hall–Kier alpha value is -2.85. The van der Waals surface area contributed by atoms with Gasteiger partial charge in [0.15, 0.2) is 10.9 Å². The number of nitrogens with two attached hydrogens (primary N) is 1. The average molecular weight is 536 g/mol. The third-order valence-electron chi connectivity index (χ3n) is 8.00. The van der Waals surface area contributed by atoms with E-state index in [0.29, 0.717) is 40.3 Å². The quantitative estimate of drug-likeness (QED) is 0.174. The summed E-state index contributed by atoms with van der Waals surface area (Å²) in [6.07, 6.45) is 5.50. The molecule has 2 unspecified atom stereocenters. The van der Waals surface area contributed by atoms with Crippen LogP contribution < -0.4 is 10.5 Å². The molecule has 12 heteroatoms. The number of carbonyl (C=O) groups excluding carboxylic acids is 1. The predicted molar refractivity (Wildman–Crippen MR) is 133 cm³/mol. The van der Waals surface area contributed by atoms with E-state index in [2.05, 4.69) is 10.3 Å². The maximum atomic E-state index is 13.0. The van der Waals surface area contributed by atoms with Crippen LogP contribution in [0.5, 0.6) is 5.75 Å². The SMILES string of the molecule is COc1ccc(Cl)cc1/C(N)=N/OC(=O)CC12CC3CC(C1)CC(n1nc([N+](=O)[O-])c(Cl)c1C)(C3)C2. The molecule has 10 nitrogen and oxygen atoms in total. The van der Waals surface area contributed by atoms with Gasteiger partial charge in [0, 0.05) is 5.02 Å². The van der Waals surface area contributed by atoms with Crippen LogP contribution in [0.15, 0.2) is 23.4 Å². The Bertz CT molecular complexity index is 1260. The molecule has 0 saturated heterocycles. The zero-order valence-electron chi connectivity index (χ0n) is 20.0. The van der Waals surface area contributed by atoms with Crippen LogP contribution >= 0.6 is 23.2 Å². The van der Waals surface area contributed by atoms with Gasteiger partial charge in [-0.1, -0.05) is 28.4 Å². The van der Waals surface area contributed by atoms with Gasteiger partial charge in [0.2, 0.25) is 0 Å². The van der Waals surface area contributed by atoms with Crippen LogP contribution in [0, 0.1) is 34.3 Å². The number of amidine groups is 1. The molecule has 0 aliphatic heterocycles. The lowest BCUT2D eigenvalue weighted by atomic mass is 9.46. The molecule has 4 aliphatic rings. The molecule has 4 saturated carbocycles. The summed E-state index contributed by atoms with van der Waals surface area (Å²) in [5, 5.41) is 20.2. The monoisotopic (exact) mass is 535 g/mol. The molecule has 2 N–H and O–H groups in total. The normalized spacial score (nSPS) is 28.8. The minimum atomic E-state index is -0.545. The summed E-state index contributed by atoms with van der Waals surface area (Å²) in [6, 6.07) is 4.91. The number of aromatic nitrogens is 2. The summed E-state index contributed by atoms with van der Waals surface area (Å²) in [4.78, 5) is 29.1. The summed E-state index contributed by atoms with van der Waals surface area (Å²) < 4.78 is 7.06. The van der Waals surface area contributed by atoms with Gasteiger partial charge in [0.25, 0.3) is 0 Å². The molecule has 36 heavy (non-hydrogen) atoms. The van der Waals surface area contributed by atoms with E-state index in [0.717, 1.165) is 32.1 Å². The third kappa shape index (κ3) is 4.20. The number of halogens is 2. The molecule has 1 aromatic carbocycles. The number of carbonyl (C=O) groups is 1. The molecule has 192 valence electrons. The standard InChI is InChI=1S/C24H27Cl2N5O5/c1-13-20(26)22(31(33)34)28-30(13)24-9-14-5-15(10-24)8-23(7-14,12-24)11-19(32)36-29-21(27)17-6-16(25)3-4-18(17)35-2/h3-4,6,14-15H,5,7-12H2,1-2H3,(H2,27,29). The van der Waals surface area contributed by atoms with E-state index in [9.17, 15) is 14.9 Å². The van der Waals surface area contributed by atoms with Crippen LogP contribution in [0.1, 0.15) is 56.2 Å². The van der Waals surface area contributed by atoms with Gasteiger partial charge in [-0.25, -0.2) is 4.79 Å². The summed E-state index contributed by atoms with van der Waals surface area (Å²) >= 11 is 12.3. The Morgan fingerprint density at radius 3 is 2.61 bits per heavy atom. The van der Waals surface area contributed by atoms with E-state index < -0.39 is 16.4 Å². The summed E-state index contributed by atoms with van der Waals surface area (Å²) in [6.45, 7) is 1.77. The molecule has 1 aromatic heterocycles. The van der Waals surface area contributed by atoms with Gasteiger partial charge in [-0.15, -0.1) is 0 Å². The fourth-order valence-electron chi connectivity index (χ4n) is 7.27. The van der Waals surface area contributed by atoms with Crippen molar-refractivity contribution in [3.05, 3.63) is 49.6 Å². The Kier molecular flexibility index (Phi) is 6.15. The predicted octanol–water partition coefficient (Wildman–Crippen LogP) is 4.96. The summed E-state index contributed by atoms with van der Waals surface area (Å²) in [7, 11) is 1.50. The highest BCUT2D eigenvalue weighted by molar-refractivity contribution is 6.33. The molecular formula is C24H27Cl2N5O5. The van der Waals surface area contributed by atoms with E-state index in [-0.39, 0.29) is 28.5 Å². The highest BCUT2D eigenvalue weighted by atomic mass is 35.5. The molecule has 2 aromatic rings. The zero-order valence-corrected chi connectivity index (χ0v) is 21.5. The topological polar surface area (TPSA) is 135 Å². The van der Waals surface area contributed by atoms with E-state index >= 15 is 0 Å². The van der Waals surface area contributed by atoms with Gasteiger partial charge in [-0.3, -0.25) is 0 Å². The second kappa shape index (κ2) is 8.92. The molecule has 4 aliphatic carbocycles. The van der Waals surface area contributed by atoms with Crippen LogP contribution in [-0.4, -0.2) is 33.6 Å². The van der Waals surface area contributed by atoms with Crippen LogP contribution in [-0.2, 0) is 15.2 Å². The Morgan fingerprint density at radius 2 is 2.00 bits per heavy atom. The summed E-state index contributed by atoms with van der Waals surface area (Å²) in [5.74, 6) is 0.465. The van der Waals surface area contributed by atoms with Gasteiger partial charge < -0.3 is 25.4 Å². The maximum absolute atomic E-state index is 13.0. The van der Waals surface area contributed by atoms with Gasteiger partial charge in [0.05, 0.1) is 35.4 Å². The largest absolute Gasteiger partial charge is 0.496 e. The zero-order chi connectivity index (χ0) is 25.8. The highest BCUT2D eigenvalue weighted by Gasteiger charge is 2.61. The van der Waals surface area contributed by atoms with Gasteiger partial charge >= 0.3 is 11.8 Å². The molecule has 0 radical (unpaired) electrons. The van der Waals surface area contributed by atoms with Crippen molar-refractivity contribution >= 4 is 40.8 Å². The van der Waals surface area contributed by atoms with Crippen molar-refractivity contribution in [1.82, 2.24) is 9.78 Å². The number of nitro groups is 1. The molecule has 4 fully saturated rings. The van der Waals surface area contributed by atoms with Crippen LogP contribution in [0.2, 0.25) is 10.0 Å². The number of benzene rings is 1. The van der Waals surface area contributed by atoms with Crippen LogP contribution in [0.25, 0.3) is 0 Å². The van der Waals surface area contributed by atoms with E-state index in [4.69, 9.17) is 38.5 Å². The number of rotatable bonds is 7. The Morgan fingerprint density at radius 1 is 1.31 bits per heavy atom. The first-order valence-corrected chi connectivity index (χ1v) is 12.6. The average Bonchev–Trinajstić information content (AvgIpc) is 3.11. The van der Waals surface area contributed by atoms with E-state index in [1.54, 1.807) is 29.8 Å². The molecule has 1 heterocycles. The molecular weight excluding hydrogens is 509 g/mol. The lowest BCUT2D eigenvalue weighted by Gasteiger charge is -2.61. The third-order valence-corrected chi connectivity index (χ3v) is 8.68.